The number of benzene rings is 1. The van der Waals surface area contributed by atoms with Gasteiger partial charge in [-0.2, -0.15) is 21.6 Å². The van der Waals surface area contributed by atoms with E-state index in [-0.39, 0.29) is 37.2 Å². The van der Waals surface area contributed by atoms with E-state index in [2.05, 4.69) is 9.17 Å². The highest BCUT2D eigenvalue weighted by Crippen LogP contribution is 2.41. The number of ether oxygens (including phenoxy) is 1. The van der Waals surface area contributed by atoms with Crippen LogP contribution in [0.2, 0.25) is 0 Å². The lowest BCUT2D eigenvalue weighted by Crippen LogP contribution is -2.44. The van der Waals surface area contributed by atoms with Gasteiger partial charge in [0.25, 0.3) is 5.56 Å². The molecule has 1 atom stereocenters. The summed E-state index contributed by atoms with van der Waals surface area (Å²) in [5.74, 6) is -1.39. The molecule has 2 aromatic heterocycles. The lowest BCUT2D eigenvalue weighted by Gasteiger charge is -2.31. The number of carbonyl (C=O) groups excluding carboxylic acids is 1. The Morgan fingerprint density at radius 1 is 1.21 bits per heavy atom. The maximum Gasteiger partial charge on any atom is 0.534 e. The number of fused-ring (bicyclic) bond motifs is 5. The highest BCUT2D eigenvalue weighted by atomic mass is 32.2. The van der Waals surface area contributed by atoms with E-state index in [1.54, 1.807) is 32.0 Å². The maximum absolute atomic E-state index is 13.4. The second-order valence-corrected chi connectivity index (χ2v) is 11.0. The smallest absolute Gasteiger partial charge is 0.458 e. The molecule has 0 radical (unpaired) electrons. The standard InChI is InChI=1S/C24H22F3N3O7S/c1-4-23(33)17-8-19-20-15(10-30(19)21(31)16(17)11-36-22(23)32)14(9-29(2)3)13-7-12(5-6-18(13)28-20)37-38(34,35)24(25,26)27/h5-8,33H,4,9-11H2,1-3H3/t23-/m0/s1. The summed E-state index contributed by atoms with van der Waals surface area (Å²) in [5.41, 5.74) is -5.47. The van der Waals surface area contributed by atoms with E-state index in [4.69, 9.17) is 4.74 Å². The lowest BCUT2D eigenvalue weighted by atomic mass is 9.86. The molecule has 2 aliphatic heterocycles. The van der Waals surface area contributed by atoms with Crippen LogP contribution in [-0.2, 0) is 44.9 Å². The summed E-state index contributed by atoms with van der Waals surface area (Å²) >= 11 is 0. The fraction of sp³-hybridized carbons (Fsp3) is 0.375. The Bertz CT molecular complexity index is 1680. The molecule has 0 saturated heterocycles. The minimum atomic E-state index is -5.88. The van der Waals surface area contributed by atoms with Crippen LogP contribution in [0, 0.1) is 0 Å². The minimum Gasteiger partial charge on any atom is -0.458 e. The van der Waals surface area contributed by atoms with Crippen LogP contribution in [0.25, 0.3) is 22.3 Å². The van der Waals surface area contributed by atoms with E-state index in [9.17, 15) is 36.3 Å². The topological polar surface area (TPSA) is 128 Å². The van der Waals surface area contributed by atoms with Crippen molar-refractivity contribution in [3.63, 3.8) is 0 Å². The van der Waals surface area contributed by atoms with Crippen LogP contribution < -0.4 is 9.74 Å². The molecule has 0 bridgehead atoms. The molecule has 10 nitrogen and oxygen atoms in total. The van der Waals surface area contributed by atoms with Crippen molar-refractivity contribution in [3.05, 3.63) is 56.9 Å². The Balaban J connectivity index is 1.73. The first-order chi connectivity index (χ1) is 17.7. The first-order valence-corrected chi connectivity index (χ1v) is 12.9. The number of alkyl halides is 3. The molecule has 38 heavy (non-hydrogen) atoms. The average Bonchev–Trinajstić information content (AvgIpc) is 3.19. The third-order valence-corrected chi connectivity index (χ3v) is 7.72. The number of rotatable bonds is 5. The van der Waals surface area contributed by atoms with Gasteiger partial charge in [0, 0.05) is 23.1 Å². The molecule has 0 unspecified atom stereocenters. The number of halogens is 3. The SMILES string of the molecule is CC[C@@]1(O)C(=O)OCc2c1cc1n(c2=O)Cc2c-1nc1ccc(OS(=O)(=O)C(F)(F)F)cc1c2CN(C)C. The highest BCUT2D eigenvalue weighted by Gasteiger charge is 2.49. The molecule has 0 spiro atoms. The first-order valence-electron chi connectivity index (χ1n) is 11.5. The normalized spacial score (nSPS) is 18.8. The molecular weight excluding hydrogens is 531 g/mol. The predicted molar refractivity (Wildman–Crippen MR) is 128 cm³/mol. The lowest BCUT2D eigenvalue weighted by molar-refractivity contribution is -0.172. The summed E-state index contributed by atoms with van der Waals surface area (Å²) in [4.78, 5) is 32.3. The number of hydrogen-bond donors (Lipinski definition) is 1. The van der Waals surface area contributed by atoms with Crippen molar-refractivity contribution in [1.29, 1.82) is 0 Å². The van der Waals surface area contributed by atoms with Gasteiger partial charge in [-0.1, -0.05) is 6.92 Å². The second-order valence-electron chi connectivity index (χ2n) is 9.42. The van der Waals surface area contributed by atoms with E-state index in [1.807, 2.05) is 0 Å². The zero-order valence-corrected chi connectivity index (χ0v) is 21.2. The molecule has 0 fully saturated rings. The van der Waals surface area contributed by atoms with E-state index in [0.717, 1.165) is 6.07 Å². The zero-order chi connectivity index (χ0) is 27.8. The summed E-state index contributed by atoms with van der Waals surface area (Å²) in [6, 6.07) is 5.11. The molecule has 14 heteroatoms. The van der Waals surface area contributed by atoms with Crippen molar-refractivity contribution in [2.75, 3.05) is 14.1 Å². The maximum atomic E-state index is 13.4. The van der Waals surface area contributed by atoms with E-state index >= 15 is 0 Å². The Hall–Kier alpha value is -3.49. The fourth-order valence-corrected chi connectivity index (χ4v) is 5.31. The molecule has 0 aliphatic carbocycles. The number of carbonyl (C=O) groups is 1. The highest BCUT2D eigenvalue weighted by molar-refractivity contribution is 7.88. The van der Waals surface area contributed by atoms with Gasteiger partial charge in [0.1, 0.15) is 12.4 Å². The van der Waals surface area contributed by atoms with Gasteiger partial charge in [-0.25, -0.2) is 9.78 Å². The largest absolute Gasteiger partial charge is 0.534 e. The minimum absolute atomic E-state index is 0.0186. The molecule has 4 heterocycles. The van der Waals surface area contributed by atoms with Crippen molar-refractivity contribution in [3.8, 4) is 17.1 Å². The third kappa shape index (κ3) is 3.85. The number of nitrogens with zero attached hydrogens (tertiary/aromatic N) is 3. The van der Waals surface area contributed by atoms with Crippen LogP contribution in [0.1, 0.15) is 35.6 Å². The molecule has 2 aliphatic rings. The Kier molecular flexibility index (Phi) is 5.85. The average molecular weight is 554 g/mol. The van der Waals surface area contributed by atoms with Gasteiger partial charge in [0.15, 0.2) is 5.60 Å². The fourth-order valence-electron chi connectivity index (χ4n) is 4.86. The number of esters is 1. The van der Waals surface area contributed by atoms with Crippen molar-refractivity contribution in [2.45, 2.75) is 44.2 Å². The summed E-state index contributed by atoms with van der Waals surface area (Å²) in [6.45, 7) is 1.64. The number of cyclic esters (lactones) is 1. The zero-order valence-electron chi connectivity index (χ0n) is 20.4. The molecule has 3 aromatic rings. The monoisotopic (exact) mass is 553 g/mol. The van der Waals surface area contributed by atoms with Crippen molar-refractivity contribution in [1.82, 2.24) is 14.5 Å². The number of pyridine rings is 2. The van der Waals surface area contributed by atoms with Crippen molar-refractivity contribution >= 4 is 27.0 Å². The van der Waals surface area contributed by atoms with Crippen LogP contribution in [0.4, 0.5) is 13.2 Å². The summed E-state index contributed by atoms with van der Waals surface area (Å²) in [7, 11) is -2.35. The van der Waals surface area contributed by atoms with Crippen LogP contribution >= 0.6 is 0 Å². The van der Waals surface area contributed by atoms with Gasteiger partial charge >= 0.3 is 21.6 Å². The van der Waals surface area contributed by atoms with Gasteiger partial charge in [-0.15, -0.1) is 0 Å². The predicted octanol–water partition coefficient (Wildman–Crippen LogP) is 2.37. The number of hydrogen-bond acceptors (Lipinski definition) is 9. The molecule has 0 amide bonds. The number of aromatic nitrogens is 2. The van der Waals surface area contributed by atoms with Crippen LogP contribution in [-0.4, -0.2) is 53.5 Å². The van der Waals surface area contributed by atoms with Gasteiger partial charge in [-0.05, 0) is 50.3 Å². The van der Waals surface area contributed by atoms with Crippen LogP contribution in [0.3, 0.4) is 0 Å². The molecule has 1 N–H and O–H groups in total. The summed E-state index contributed by atoms with van der Waals surface area (Å²) in [5, 5.41) is 11.4. The number of aliphatic hydroxyl groups is 1. The Morgan fingerprint density at radius 2 is 1.92 bits per heavy atom. The van der Waals surface area contributed by atoms with Crippen molar-refractivity contribution < 1.29 is 40.4 Å². The molecule has 0 saturated carbocycles. The molecular formula is C24H22F3N3O7S. The molecule has 5 rings (SSSR count). The Morgan fingerprint density at radius 3 is 2.55 bits per heavy atom. The quantitative estimate of drug-likeness (QED) is 0.225. The van der Waals surface area contributed by atoms with E-state index in [0.29, 0.717) is 33.4 Å². The first kappa shape index (κ1) is 26.1. The summed E-state index contributed by atoms with van der Waals surface area (Å²) < 4.78 is 72.6. The summed E-state index contributed by atoms with van der Waals surface area (Å²) in [6.07, 6.45) is -0.0186. The van der Waals surface area contributed by atoms with Crippen LogP contribution in [0.15, 0.2) is 29.1 Å². The van der Waals surface area contributed by atoms with Gasteiger partial charge in [-0.3, -0.25) is 4.79 Å². The van der Waals surface area contributed by atoms with Crippen LogP contribution in [0.5, 0.6) is 5.75 Å². The molecule has 202 valence electrons. The second kappa shape index (κ2) is 8.51. The van der Waals surface area contributed by atoms with Gasteiger partial charge in [0.2, 0.25) is 0 Å². The Labute approximate surface area is 214 Å². The van der Waals surface area contributed by atoms with E-state index < -0.39 is 38.5 Å². The van der Waals surface area contributed by atoms with Gasteiger partial charge in [0.05, 0.1) is 29.0 Å². The molecule has 1 aromatic carbocycles. The third-order valence-electron chi connectivity index (χ3n) is 6.74. The van der Waals surface area contributed by atoms with E-state index in [1.165, 1.54) is 16.7 Å². The van der Waals surface area contributed by atoms with Gasteiger partial charge < -0.3 is 23.5 Å². The van der Waals surface area contributed by atoms with Crippen molar-refractivity contribution in [2.24, 2.45) is 0 Å².